The summed E-state index contributed by atoms with van der Waals surface area (Å²) in [6, 6.07) is 0.756. The van der Waals surface area contributed by atoms with Crippen LogP contribution in [-0.2, 0) is 10.9 Å². The van der Waals surface area contributed by atoms with Gasteiger partial charge in [-0.1, -0.05) is 0 Å². The number of anilines is 2. The summed E-state index contributed by atoms with van der Waals surface area (Å²) < 4.78 is 98.1. The number of nitrogen functional groups attached to an aromatic ring is 1. The molecule has 0 saturated carbocycles. The summed E-state index contributed by atoms with van der Waals surface area (Å²) in [5.74, 6) is -2.39. The van der Waals surface area contributed by atoms with Crippen molar-refractivity contribution >= 4 is 28.5 Å². The van der Waals surface area contributed by atoms with E-state index in [-0.39, 0.29) is 53.3 Å². The molecule has 2 bridgehead atoms. The number of benzene rings is 1. The summed E-state index contributed by atoms with van der Waals surface area (Å²) in [6.07, 6.45) is -3.18. The fourth-order valence-corrected chi connectivity index (χ4v) is 8.19. The summed E-state index contributed by atoms with van der Waals surface area (Å²) >= 11 is 0. The van der Waals surface area contributed by atoms with Gasteiger partial charge in [0, 0.05) is 37.3 Å². The van der Waals surface area contributed by atoms with Crippen LogP contribution in [-0.4, -0.2) is 93.0 Å². The van der Waals surface area contributed by atoms with Gasteiger partial charge in [-0.05, 0) is 72.1 Å². The highest BCUT2D eigenvalue weighted by Crippen LogP contribution is 2.43. The number of rotatable bonds is 5. The van der Waals surface area contributed by atoms with E-state index in [1.54, 1.807) is 32.6 Å². The number of aromatic nitrogens is 3. The molecule has 0 unspecified atom stereocenters. The van der Waals surface area contributed by atoms with E-state index in [2.05, 4.69) is 14.9 Å². The van der Waals surface area contributed by atoms with Gasteiger partial charge < -0.3 is 20.1 Å². The van der Waals surface area contributed by atoms with E-state index in [4.69, 9.17) is 20.2 Å². The number of carbonyl (C=O) groups is 1. The average molecular weight is 708 g/mol. The minimum absolute atomic E-state index is 0.0647. The number of hydrogen-bond donors (Lipinski definition) is 1. The first-order valence-electron chi connectivity index (χ1n) is 16.8. The molecule has 6 heterocycles. The summed E-state index contributed by atoms with van der Waals surface area (Å²) in [4.78, 5) is 32.4. The molecule has 4 aliphatic rings. The molecule has 1 amide bonds. The Balaban J connectivity index is 1.31. The van der Waals surface area contributed by atoms with Crippen molar-refractivity contribution in [3.05, 3.63) is 35.0 Å². The number of hydrogen-bond acceptors (Lipinski definition) is 9. The summed E-state index contributed by atoms with van der Waals surface area (Å²) in [7, 11) is 0. The third-order valence-electron chi connectivity index (χ3n) is 10.2. The van der Waals surface area contributed by atoms with Crippen molar-refractivity contribution in [1.82, 2.24) is 24.8 Å². The lowest BCUT2D eigenvalue weighted by Crippen LogP contribution is -2.57. The highest BCUT2D eigenvalue weighted by Gasteiger charge is 2.50. The first kappa shape index (κ1) is 34.4. The van der Waals surface area contributed by atoms with Crippen LogP contribution in [0.5, 0.6) is 6.01 Å². The molecule has 3 aromatic rings. The molecule has 2 N–H and O–H groups in total. The first-order valence-corrected chi connectivity index (χ1v) is 16.8. The zero-order chi connectivity index (χ0) is 35.9. The van der Waals surface area contributed by atoms with E-state index in [9.17, 15) is 26.7 Å². The summed E-state index contributed by atoms with van der Waals surface area (Å²) in [5.41, 5.74) is 1.06. The zero-order valence-corrected chi connectivity index (χ0v) is 28.2. The number of nitrogens with zero attached hydrogens (tertiary/aromatic N) is 6. The Morgan fingerprint density at radius 3 is 2.40 bits per heavy atom. The number of alkyl halides is 4. The fraction of sp³-hybridized carbons (Fsp3) is 0.588. The normalized spacial score (nSPS) is 25.4. The van der Waals surface area contributed by atoms with E-state index in [1.165, 1.54) is 0 Å². The molecule has 2 aromatic heterocycles. The Kier molecular flexibility index (Phi) is 8.26. The quantitative estimate of drug-likeness (QED) is 0.237. The van der Waals surface area contributed by atoms with Gasteiger partial charge in [0.1, 0.15) is 46.8 Å². The van der Waals surface area contributed by atoms with Gasteiger partial charge in [0.25, 0.3) is 0 Å². The monoisotopic (exact) mass is 707 g/mol. The van der Waals surface area contributed by atoms with Crippen LogP contribution < -0.4 is 15.4 Å². The van der Waals surface area contributed by atoms with E-state index >= 15 is 4.39 Å². The number of halogens is 6. The molecule has 16 heteroatoms. The number of aryl methyl sites for hydroxylation is 1. The van der Waals surface area contributed by atoms with E-state index < -0.39 is 58.2 Å². The molecule has 4 aliphatic heterocycles. The fourth-order valence-electron chi connectivity index (χ4n) is 8.19. The number of piperazine rings is 1. The zero-order valence-electron chi connectivity index (χ0n) is 28.2. The number of ether oxygens (including phenoxy) is 2. The highest BCUT2D eigenvalue weighted by atomic mass is 19.4. The second-order valence-corrected chi connectivity index (χ2v) is 14.9. The van der Waals surface area contributed by atoms with Gasteiger partial charge >= 0.3 is 18.3 Å². The van der Waals surface area contributed by atoms with Crippen molar-refractivity contribution < 1.29 is 40.6 Å². The van der Waals surface area contributed by atoms with Crippen molar-refractivity contribution in [2.75, 3.05) is 43.4 Å². The SMILES string of the molecule is Cc1nc(-c2cc(N)c(C(F)(F)F)c(F)c2)c(F)c2nc(OC[C@@]34CCCN3C[C@H](F)C4)nc(N3C[C@H]4CC[C@@H](C3)N4C(=O)OC(C)(C)C)c12. The van der Waals surface area contributed by atoms with Gasteiger partial charge in [-0.2, -0.15) is 23.1 Å². The van der Waals surface area contributed by atoms with Crippen LogP contribution in [0.3, 0.4) is 0 Å². The minimum Gasteiger partial charge on any atom is -0.461 e. The highest BCUT2D eigenvalue weighted by molar-refractivity contribution is 5.95. The van der Waals surface area contributed by atoms with Gasteiger partial charge in [-0.15, -0.1) is 0 Å². The molecule has 4 atom stereocenters. The third kappa shape index (κ3) is 6.02. The van der Waals surface area contributed by atoms with Gasteiger partial charge in [-0.3, -0.25) is 9.80 Å². The van der Waals surface area contributed by atoms with Crippen LogP contribution in [0, 0.1) is 18.6 Å². The standard InChI is InChI=1S/C34H39F6N7O3/c1-17-24-28(26(37)27(42-17)18-10-22(36)25(23(41)11-18)34(38,39)40)43-30(49-16-33-8-5-9-46(33)13-19(35)12-33)44-29(24)45-14-20-6-7-21(15-45)47(20)31(48)50-32(2,3)4/h10-11,19-21H,5-9,12-16,41H2,1-4H3/t19-,20-,21+,33+/m1/s1. The first-order chi connectivity index (χ1) is 23.4. The maximum Gasteiger partial charge on any atom is 0.421 e. The average Bonchev–Trinajstić information content (AvgIpc) is 3.62. The topological polar surface area (TPSA) is 110 Å². The van der Waals surface area contributed by atoms with E-state index in [1.807, 2.05) is 4.90 Å². The van der Waals surface area contributed by atoms with Crippen LogP contribution in [0.4, 0.5) is 42.6 Å². The maximum absolute atomic E-state index is 16.6. The molecular weight excluding hydrogens is 668 g/mol. The molecule has 50 heavy (non-hydrogen) atoms. The molecule has 0 aliphatic carbocycles. The molecule has 1 aromatic carbocycles. The summed E-state index contributed by atoms with van der Waals surface area (Å²) in [6.45, 7) is 8.74. The largest absolute Gasteiger partial charge is 0.461 e. The minimum atomic E-state index is -5.06. The Morgan fingerprint density at radius 1 is 1.06 bits per heavy atom. The lowest BCUT2D eigenvalue weighted by molar-refractivity contribution is -0.139. The molecule has 0 radical (unpaired) electrons. The maximum atomic E-state index is 16.6. The number of fused-ring (bicyclic) bond motifs is 4. The van der Waals surface area contributed by atoms with Gasteiger partial charge in [0.2, 0.25) is 0 Å². The van der Waals surface area contributed by atoms with Gasteiger partial charge in [0.05, 0.1) is 28.7 Å². The van der Waals surface area contributed by atoms with Gasteiger partial charge in [-0.25, -0.2) is 22.9 Å². The lowest BCUT2D eigenvalue weighted by atomic mass is 9.95. The number of pyridine rings is 1. The molecule has 10 nitrogen and oxygen atoms in total. The van der Waals surface area contributed by atoms with Crippen molar-refractivity contribution in [3.8, 4) is 17.3 Å². The Hall–Kier alpha value is -4.08. The molecule has 7 rings (SSSR count). The Bertz CT molecular complexity index is 1820. The van der Waals surface area contributed by atoms with Gasteiger partial charge in [0.15, 0.2) is 5.82 Å². The molecular formula is C34H39F6N7O3. The summed E-state index contributed by atoms with van der Waals surface area (Å²) in [5, 5.41) is 0.231. The van der Waals surface area contributed by atoms with Crippen molar-refractivity contribution in [1.29, 1.82) is 0 Å². The number of nitrogens with two attached hydrogens (primary N) is 1. The van der Waals surface area contributed by atoms with E-state index in [0.717, 1.165) is 19.0 Å². The van der Waals surface area contributed by atoms with Crippen LogP contribution in [0.1, 0.15) is 64.1 Å². The number of amides is 1. The number of carbonyl (C=O) groups excluding carboxylic acids is 1. The second-order valence-electron chi connectivity index (χ2n) is 14.9. The van der Waals surface area contributed by atoms with E-state index in [0.29, 0.717) is 50.8 Å². The van der Waals surface area contributed by atoms with Crippen molar-refractivity contribution in [2.45, 2.75) is 95.4 Å². The smallest absolute Gasteiger partial charge is 0.421 e. The predicted molar refractivity (Wildman–Crippen MR) is 172 cm³/mol. The Morgan fingerprint density at radius 2 is 1.76 bits per heavy atom. The third-order valence-corrected chi connectivity index (χ3v) is 10.2. The molecule has 0 spiro atoms. The van der Waals surface area contributed by atoms with Crippen LogP contribution >= 0.6 is 0 Å². The molecule has 4 fully saturated rings. The predicted octanol–water partition coefficient (Wildman–Crippen LogP) is 6.42. The molecule has 270 valence electrons. The lowest BCUT2D eigenvalue weighted by Gasteiger charge is -2.42. The van der Waals surface area contributed by atoms with Crippen LogP contribution in [0.2, 0.25) is 0 Å². The second kappa shape index (κ2) is 12.0. The Labute approximate surface area is 284 Å². The van der Waals surface area contributed by atoms with Crippen LogP contribution in [0.25, 0.3) is 22.2 Å². The molecule has 4 saturated heterocycles. The van der Waals surface area contributed by atoms with Crippen LogP contribution in [0.15, 0.2) is 12.1 Å². The van der Waals surface area contributed by atoms with Crippen molar-refractivity contribution in [3.63, 3.8) is 0 Å². The van der Waals surface area contributed by atoms with Crippen molar-refractivity contribution in [2.24, 2.45) is 0 Å².